The van der Waals surface area contributed by atoms with Crippen LogP contribution in [-0.2, 0) is 20.2 Å². The lowest BCUT2D eigenvalue weighted by molar-refractivity contribution is -0.124. The highest BCUT2D eigenvalue weighted by molar-refractivity contribution is 7.89. The summed E-state index contributed by atoms with van der Waals surface area (Å²) in [5.41, 5.74) is 0.990. The minimum Gasteiger partial charge on any atom is -0.325 e. The van der Waals surface area contributed by atoms with Crippen molar-refractivity contribution < 1.29 is 13.2 Å². The number of hydrogen-bond acceptors (Lipinski definition) is 3. The largest absolute Gasteiger partial charge is 0.325 e. The number of sulfonamides is 1. The summed E-state index contributed by atoms with van der Waals surface area (Å²) in [4.78, 5) is 13.1. The van der Waals surface area contributed by atoms with E-state index in [1.807, 2.05) is 12.1 Å². The normalized spacial score (nSPS) is 16.2. The van der Waals surface area contributed by atoms with Crippen LogP contribution < -0.4 is 5.32 Å². The minimum absolute atomic E-state index is 0.0747. The number of nitrogens with zero attached hydrogens (tertiary/aromatic N) is 1. The van der Waals surface area contributed by atoms with Crippen LogP contribution in [0.25, 0.3) is 0 Å². The topological polar surface area (TPSA) is 66.5 Å². The molecule has 1 amide bonds. The number of benzene rings is 2. The number of hydrogen-bond donors (Lipinski definition) is 1. The molecule has 0 spiro atoms. The molecule has 0 unspecified atom stereocenters. The van der Waals surface area contributed by atoms with Crippen molar-refractivity contribution in [1.82, 2.24) is 4.31 Å². The molecular formula is C19H21ClN2O3S. The van der Waals surface area contributed by atoms with Gasteiger partial charge in [-0.3, -0.25) is 4.79 Å². The van der Waals surface area contributed by atoms with Gasteiger partial charge >= 0.3 is 0 Å². The van der Waals surface area contributed by atoms with Gasteiger partial charge in [0.15, 0.2) is 0 Å². The van der Waals surface area contributed by atoms with Gasteiger partial charge in [0.1, 0.15) is 0 Å². The van der Waals surface area contributed by atoms with Gasteiger partial charge in [-0.25, -0.2) is 12.7 Å². The zero-order valence-electron chi connectivity index (χ0n) is 14.7. The Morgan fingerprint density at radius 1 is 1.04 bits per heavy atom. The third kappa shape index (κ3) is 3.37. The third-order valence-electron chi connectivity index (χ3n) is 4.93. The van der Waals surface area contributed by atoms with Gasteiger partial charge < -0.3 is 5.32 Å². The van der Waals surface area contributed by atoms with Crippen molar-refractivity contribution in [2.45, 2.75) is 29.6 Å². The molecule has 1 N–H and O–H groups in total. The molecular weight excluding hydrogens is 372 g/mol. The maximum atomic E-state index is 12.9. The van der Waals surface area contributed by atoms with Crippen molar-refractivity contribution in [2.24, 2.45) is 0 Å². The summed E-state index contributed by atoms with van der Waals surface area (Å²) < 4.78 is 25.4. The van der Waals surface area contributed by atoms with Crippen molar-refractivity contribution in [1.29, 1.82) is 0 Å². The van der Waals surface area contributed by atoms with E-state index in [4.69, 9.17) is 11.6 Å². The smallest absolute Gasteiger partial charge is 0.242 e. The van der Waals surface area contributed by atoms with Crippen molar-refractivity contribution >= 4 is 33.2 Å². The molecule has 3 rings (SSSR count). The first-order valence-corrected chi connectivity index (χ1v) is 10.2. The summed E-state index contributed by atoms with van der Waals surface area (Å²) in [7, 11) is -0.516. The highest BCUT2D eigenvalue weighted by Gasteiger charge is 2.45. The zero-order chi connectivity index (χ0) is 18.9. The summed E-state index contributed by atoms with van der Waals surface area (Å²) in [5, 5.41) is 3.57. The second-order valence-electron chi connectivity index (χ2n) is 6.71. The Hall–Kier alpha value is -1.89. The Balaban J connectivity index is 1.80. The molecule has 0 aliphatic heterocycles. The lowest BCUT2D eigenvalue weighted by Crippen LogP contribution is -2.46. The van der Waals surface area contributed by atoms with Gasteiger partial charge in [-0.1, -0.05) is 30.2 Å². The molecule has 0 radical (unpaired) electrons. The molecule has 2 aromatic rings. The fraction of sp³-hybridized carbons (Fsp3) is 0.316. The first-order chi connectivity index (χ1) is 12.3. The van der Waals surface area contributed by atoms with Gasteiger partial charge in [0, 0.05) is 24.8 Å². The van der Waals surface area contributed by atoms with E-state index in [2.05, 4.69) is 5.32 Å². The Labute approximate surface area is 159 Å². The number of anilines is 1. The second kappa shape index (κ2) is 7.02. The first kappa shape index (κ1) is 18.9. The number of nitrogens with one attached hydrogen (secondary N) is 1. The highest BCUT2D eigenvalue weighted by atomic mass is 35.5. The summed E-state index contributed by atoms with van der Waals surface area (Å²) >= 11 is 5.95. The molecule has 1 aliphatic rings. The molecule has 7 heteroatoms. The first-order valence-electron chi connectivity index (χ1n) is 8.36. The predicted octanol–water partition coefficient (Wildman–Crippen LogP) is 3.65. The van der Waals surface area contributed by atoms with Crippen LogP contribution in [0.3, 0.4) is 0 Å². The van der Waals surface area contributed by atoms with Crippen LogP contribution in [-0.4, -0.2) is 32.7 Å². The van der Waals surface area contributed by atoms with E-state index in [0.29, 0.717) is 10.7 Å². The van der Waals surface area contributed by atoms with E-state index < -0.39 is 15.4 Å². The number of carbonyl (C=O) groups excluding carboxylic acids is 1. The molecule has 2 aromatic carbocycles. The lowest BCUT2D eigenvalue weighted by Gasteiger charge is -2.40. The maximum absolute atomic E-state index is 12.9. The van der Waals surface area contributed by atoms with Crippen LogP contribution in [0, 0.1) is 0 Å². The molecule has 1 aliphatic carbocycles. The number of halogens is 1. The Morgan fingerprint density at radius 3 is 2.08 bits per heavy atom. The molecule has 1 saturated carbocycles. The number of amides is 1. The molecule has 0 bridgehead atoms. The Morgan fingerprint density at radius 2 is 1.62 bits per heavy atom. The summed E-state index contributed by atoms with van der Waals surface area (Å²) in [6.07, 6.45) is 2.57. The van der Waals surface area contributed by atoms with E-state index >= 15 is 0 Å². The maximum Gasteiger partial charge on any atom is 0.242 e. The van der Waals surface area contributed by atoms with Gasteiger partial charge in [-0.15, -0.1) is 0 Å². The molecule has 0 aromatic heterocycles. The van der Waals surface area contributed by atoms with Crippen LogP contribution in [0.15, 0.2) is 53.4 Å². The summed E-state index contributed by atoms with van der Waals surface area (Å²) in [6.45, 7) is 0. The third-order valence-corrected chi connectivity index (χ3v) is 7.01. The van der Waals surface area contributed by atoms with E-state index in [0.717, 1.165) is 29.1 Å². The standard InChI is InChI=1S/C19H21ClN2O3S/c1-22(2)26(24,25)17-10-8-16(9-11-17)21-18(23)19(12-3-13-19)14-4-6-15(20)7-5-14/h4-11H,3,12-13H2,1-2H3,(H,21,23). The predicted molar refractivity (Wildman–Crippen MR) is 103 cm³/mol. The molecule has 5 nitrogen and oxygen atoms in total. The van der Waals surface area contributed by atoms with Crippen molar-refractivity contribution in [3.8, 4) is 0 Å². The monoisotopic (exact) mass is 392 g/mol. The molecule has 0 atom stereocenters. The Bertz CT molecular complexity index is 903. The molecule has 1 fully saturated rings. The average Bonchev–Trinajstić information content (AvgIpc) is 2.56. The van der Waals surface area contributed by atoms with Crippen LogP contribution in [0.4, 0.5) is 5.69 Å². The second-order valence-corrected chi connectivity index (χ2v) is 9.30. The highest BCUT2D eigenvalue weighted by Crippen LogP contribution is 2.44. The van der Waals surface area contributed by atoms with E-state index in [-0.39, 0.29) is 10.8 Å². The summed E-state index contributed by atoms with van der Waals surface area (Å²) in [6, 6.07) is 13.6. The zero-order valence-corrected chi connectivity index (χ0v) is 16.3. The van der Waals surface area contributed by atoms with Gasteiger partial charge in [0.05, 0.1) is 10.3 Å². The van der Waals surface area contributed by atoms with Gasteiger partial charge in [0.2, 0.25) is 15.9 Å². The number of rotatable bonds is 5. The summed E-state index contributed by atoms with van der Waals surface area (Å²) in [5.74, 6) is -0.0747. The average molecular weight is 393 g/mol. The minimum atomic E-state index is -3.48. The van der Waals surface area contributed by atoms with Crippen LogP contribution in [0.5, 0.6) is 0 Å². The molecule has 0 saturated heterocycles. The van der Waals surface area contributed by atoms with Crippen molar-refractivity contribution in [2.75, 3.05) is 19.4 Å². The van der Waals surface area contributed by atoms with Crippen molar-refractivity contribution in [3.05, 3.63) is 59.1 Å². The van der Waals surface area contributed by atoms with Crippen LogP contribution in [0.1, 0.15) is 24.8 Å². The van der Waals surface area contributed by atoms with E-state index in [1.54, 1.807) is 24.3 Å². The fourth-order valence-corrected chi connectivity index (χ4v) is 4.15. The van der Waals surface area contributed by atoms with Gasteiger partial charge in [-0.05, 0) is 54.8 Å². The van der Waals surface area contributed by atoms with Gasteiger partial charge in [-0.2, -0.15) is 0 Å². The molecule has 138 valence electrons. The van der Waals surface area contributed by atoms with Crippen LogP contribution >= 0.6 is 11.6 Å². The molecule has 26 heavy (non-hydrogen) atoms. The lowest BCUT2D eigenvalue weighted by atomic mass is 9.64. The molecule has 0 heterocycles. The SMILES string of the molecule is CN(C)S(=O)(=O)c1ccc(NC(=O)C2(c3ccc(Cl)cc3)CCC2)cc1. The van der Waals surface area contributed by atoms with Gasteiger partial charge in [0.25, 0.3) is 0 Å². The number of carbonyl (C=O) groups is 1. The van der Waals surface area contributed by atoms with Crippen LogP contribution in [0.2, 0.25) is 5.02 Å². The Kier molecular flexibility index (Phi) is 5.10. The van der Waals surface area contributed by atoms with E-state index in [1.165, 1.54) is 26.2 Å². The van der Waals surface area contributed by atoms with E-state index in [9.17, 15) is 13.2 Å². The quantitative estimate of drug-likeness (QED) is 0.844. The van der Waals surface area contributed by atoms with Crippen molar-refractivity contribution in [3.63, 3.8) is 0 Å². The fourth-order valence-electron chi connectivity index (χ4n) is 3.12.